The average Bonchev–Trinajstić information content (AvgIpc) is 2.30. The molecule has 1 saturated heterocycles. The van der Waals surface area contributed by atoms with Crippen molar-refractivity contribution in [3.8, 4) is 0 Å². The van der Waals surface area contributed by atoms with Gasteiger partial charge in [0.2, 0.25) is 0 Å². The summed E-state index contributed by atoms with van der Waals surface area (Å²) >= 11 is 1.93. The van der Waals surface area contributed by atoms with Gasteiger partial charge in [0, 0.05) is 6.20 Å². The molecular formula is C10H14N2OS. The lowest BCUT2D eigenvalue weighted by atomic mass is 10.2. The van der Waals surface area contributed by atoms with E-state index in [2.05, 4.69) is 9.97 Å². The lowest BCUT2D eigenvalue weighted by Crippen LogP contribution is -2.07. The molecule has 1 atom stereocenters. The fourth-order valence-electron chi connectivity index (χ4n) is 1.60. The van der Waals surface area contributed by atoms with E-state index >= 15 is 0 Å². The first-order chi connectivity index (χ1) is 6.90. The third kappa shape index (κ3) is 2.25. The van der Waals surface area contributed by atoms with E-state index in [0.29, 0.717) is 5.25 Å². The molecule has 76 valence electrons. The van der Waals surface area contributed by atoms with Gasteiger partial charge in [0.1, 0.15) is 5.82 Å². The van der Waals surface area contributed by atoms with Gasteiger partial charge in [-0.05, 0) is 24.7 Å². The number of thioether (sulfide) groups is 1. The van der Waals surface area contributed by atoms with E-state index in [0.717, 1.165) is 11.5 Å². The molecule has 1 N–H and O–H groups in total. The molecule has 1 aromatic heterocycles. The molecule has 0 amide bonds. The van der Waals surface area contributed by atoms with Crippen LogP contribution in [-0.2, 0) is 6.61 Å². The summed E-state index contributed by atoms with van der Waals surface area (Å²) in [7, 11) is 0. The number of rotatable bonds is 2. The largest absolute Gasteiger partial charge is 0.390 e. The van der Waals surface area contributed by atoms with Crippen LogP contribution in [0.3, 0.4) is 0 Å². The highest BCUT2D eigenvalue weighted by molar-refractivity contribution is 7.99. The zero-order chi connectivity index (χ0) is 9.80. The van der Waals surface area contributed by atoms with Gasteiger partial charge in [-0.2, -0.15) is 11.8 Å². The first kappa shape index (κ1) is 9.93. The number of aliphatic hydroxyl groups is 1. The molecule has 0 spiro atoms. The zero-order valence-electron chi connectivity index (χ0n) is 8.02. The van der Waals surface area contributed by atoms with Crippen LogP contribution in [0.2, 0.25) is 0 Å². The minimum absolute atomic E-state index is 0.00685. The molecule has 0 radical (unpaired) electrons. The van der Waals surface area contributed by atoms with E-state index in [1.165, 1.54) is 25.0 Å². The van der Waals surface area contributed by atoms with Crippen LogP contribution in [0.15, 0.2) is 12.3 Å². The Kier molecular flexibility index (Phi) is 3.37. The van der Waals surface area contributed by atoms with Crippen LogP contribution in [0.5, 0.6) is 0 Å². The topological polar surface area (TPSA) is 46.0 Å². The molecular weight excluding hydrogens is 196 g/mol. The standard InChI is InChI=1S/C10H14N2OS/c13-7-8-4-5-11-10(12-8)9-3-1-2-6-14-9/h4-5,9,13H,1-3,6-7H2. The lowest BCUT2D eigenvalue weighted by molar-refractivity contribution is 0.276. The van der Waals surface area contributed by atoms with Crippen molar-refractivity contribution in [3.63, 3.8) is 0 Å². The molecule has 1 aromatic rings. The van der Waals surface area contributed by atoms with Gasteiger partial charge in [0.25, 0.3) is 0 Å². The molecule has 14 heavy (non-hydrogen) atoms. The summed E-state index contributed by atoms with van der Waals surface area (Å²) in [4.78, 5) is 8.60. The van der Waals surface area contributed by atoms with Gasteiger partial charge in [0.05, 0.1) is 17.6 Å². The normalized spacial score (nSPS) is 22.2. The predicted molar refractivity (Wildman–Crippen MR) is 57.0 cm³/mol. The molecule has 1 aliphatic rings. The van der Waals surface area contributed by atoms with Crippen molar-refractivity contribution in [1.29, 1.82) is 0 Å². The molecule has 4 heteroatoms. The smallest absolute Gasteiger partial charge is 0.141 e. The fourth-order valence-corrected chi connectivity index (χ4v) is 2.85. The van der Waals surface area contributed by atoms with Gasteiger partial charge in [-0.3, -0.25) is 0 Å². The van der Waals surface area contributed by atoms with Crippen LogP contribution in [0.25, 0.3) is 0 Å². The first-order valence-corrected chi connectivity index (χ1v) is 5.99. The molecule has 1 fully saturated rings. The van der Waals surface area contributed by atoms with Gasteiger partial charge < -0.3 is 5.11 Å². The predicted octanol–water partition coefficient (Wildman–Crippen LogP) is 1.93. The summed E-state index contributed by atoms with van der Waals surface area (Å²) in [5, 5.41) is 9.40. The van der Waals surface area contributed by atoms with Crippen molar-refractivity contribution in [1.82, 2.24) is 9.97 Å². The number of hydrogen-bond donors (Lipinski definition) is 1. The summed E-state index contributed by atoms with van der Waals surface area (Å²) in [6.07, 6.45) is 5.48. The number of aliphatic hydroxyl groups excluding tert-OH is 1. The Labute approximate surface area is 88.0 Å². The lowest BCUT2D eigenvalue weighted by Gasteiger charge is -2.19. The highest BCUT2D eigenvalue weighted by Gasteiger charge is 2.18. The van der Waals surface area contributed by atoms with Crippen molar-refractivity contribution in [3.05, 3.63) is 23.8 Å². The number of hydrogen-bond acceptors (Lipinski definition) is 4. The Balaban J connectivity index is 2.13. The minimum Gasteiger partial charge on any atom is -0.390 e. The maximum Gasteiger partial charge on any atom is 0.141 e. The van der Waals surface area contributed by atoms with Crippen LogP contribution in [0.1, 0.15) is 36.0 Å². The summed E-state index contributed by atoms with van der Waals surface area (Å²) in [5.74, 6) is 2.10. The first-order valence-electron chi connectivity index (χ1n) is 4.94. The molecule has 1 unspecified atom stereocenters. The van der Waals surface area contributed by atoms with Gasteiger partial charge in [-0.15, -0.1) is 0 Å². The Bertz CT molecular complexity index is 300. The highest BCUT2D eigenvalue weighted by Crippen LogP contribution is 2.36. The maximum absolute atomic E-state index is 8.96. The summed E-state index contributed by atoms with van der Waals surface area (Å²) in [5.41, 5.74) is 0.723. The Morgan fingerprint density at radius 2 is 2.43 bits per heavy atom. The van der Waals surface area contributed by atoms with Crippen LogP contribution in [0, 0.1) is 0 Å². The van der Waals surface area contributed by atoms with Gasteiger partial charge in [0.15, 0.2) is 0 Å². The van der Waals surface area contributed by atoms with Crippen LogP contribution in [0.4, 0.5) is 0 Å². The number of nitrogens with zero attached hydrogens (tertiary/aromatic N) is 2. The molecule has 0 aliphatic carbocycles. The zero-order valence-corrected chi connectivity index (χ0v) is 8.83. The fraction of sp³-hybridized carbons (Fsp3) is 0.600. The third-order valence-electron chi connectivity index (χ3n) is 2.36. The van der Waals surface area contributed by atoms with Crippen LogP contribution in [-0.4, -0.2) is 20.8 Å². The maximum atomic E-state index is 8.96. The molecule has 2 heterocycles. The minimum atomic E-state index is 0.00685. The second-order valence-corrected chi connectivity index (χ2v) is 4.73. The van der Waals surface area contributed by atoms with Crippen molar-refractivity contribution in [2.75, 3.05) is 5.75 Å². The van der Waals surface area contributed by atoms with E-state index in [-0.39, 0.29) is 6.61 Å². The van der Waals surface area contributed by atoms with E-state index < -0.39 is 0 Å². The van der Waals surface area contributed by atoms with Crippen molar-refractivity contribution < 1.29 is 5.11 Å². The van der Waals surface area contributed by atoms with Crippen molar-refractivity contribution >= 4 is 11.8 Å². The van der Waals surface area contributed by atoms with Gasteiger partial charge in [-0.1, -0.05) is 6.42 Å². The van der Waals surface area contributed by atoms with E-state index in [4.69, 9.17) is 5.11 Å². The molecule has 0 aromatic carbocycles. The van der Waals surface area contributed by atoms with Crippen LogP contribution >= 0.6 is 11.8 Å². The van der Waals surface area contributed by atoms with E-state index in [9.17, 15) is 0 Å². The highest BCUT2D eigenvalue weighted by atomic mass is 32.2. The van der Waals surface area contributed by atoms with Crippen molar-refractivity contribution in [2.24, 2.45) is 0 Å². The third-order valence-corrected chi connectivity index (χ3v) is 3.73. The van der Waals surface area contributed by atoms with Gasteiger partial charge in [-0.25, -0.2) is 9.97 Å². The van der Waals surface area contributed by atoms with E-state index in [1.807, 2.05) is 11.8 Å². The number of aromatic nitrogens is 2. The molecule has 0 bridgehead atoms. The van der Waals surface area contributed by atoms with Crippen molar-refractivity contribution in [2.45, 2.75) is 31.1 Å². The second-order valence-electron chi connectivity index (χ2n) is 3.42. The summed E-state index contributed by atoms with van der Waals surface area (Å²) < 4.78 is 0. The molecule has 2 rings (SSSR count). The Morgan fingerprint density at radius 3 is 3.14 bits per heavy atom. The quantitative estimate of drug-likeness (QED) is 0.810. The average molecular weight is 210 g/mol. The molecule has 1 aliphatic heterocycles. The molecule has 0 saturated carbocycles. The van der Waals surface area contributed by atoms with E-state index in [1.54, 1.807) is 12.3 Å². The summed E-state index contributed by atoms with van der Waals surface area (Å²) in [6, 6.07) is 1.76. The van der Waals surface area contributed by atoms with Crippen LogP contribution < -0.4 is 0 Å². The SMILES string of the molecule is OCc1ccnc(C2CCCCS2)n1. The monoisotopic (exact) mass is 210 g/mol. The Hall–Kier alpha value is -0.610. The summed E-state index contributed by atoms with van der Waals surface area (Å²) in [6.45, 7) is 0.00685. The second kappa shape index (κ2) is 4.75. The van der Waals surface area contributed by atoms with Gasteiger partial charge >= 0.3 is 0 Å². The molecule has 3 nitrogen and oxygen atoms in total. The Morgan fingerprint density at radius 1 is 1.50 bits per heavy atom.